The van der Waals surface area contributed by atoms with Gasteiger partial charge in [-0.05, 0) is 74.6 Å². The number of nitrogen functional groups attached to an aromatic ring is 1. The largest absolute Gasteiger partial charge is 0.507 e. The zero-order valence-electron chi connectivity index (χ0n) is 15.2. The fourth-order valence-corrected chi connectivity index (χ4v) is 2.94. The number of carbonyl (C=O) groups excluding carboxylic acids is 1. The van der Waals surface area contributed by atoms with Crippen LogP contribution in [-0.4, -0.2) is 17.1 Å². The van der Waals surface area contributed by atoms with E-state index in [1.807, 2.05) is 19.9 Å². The van der Waals surface area contributed by atoms with Crippen LogP contribution in [0.15, 0.2) is 35.9 Å². The van der Waals surface area contributed by atoms with Gasteiger partial charge in [0.15, 0.2) is 0 Å². The quantitative estimate of drug-likeness (QED) is 0.436. The van der Waals surface area contributed by atoms with E-state index >= 15 is 0 Å². The maximum absolute atomic E-state index is 14.3. The van der Waals surface area contributed by atoms with Gasteiger partial charge in [0.2, 0.25) is 0 Å². The van der Waals surface area contributed by atoms with Crippen molar-refractivity contribution in [2.75, 3.05) is 5.73 Å². The molecule has 1 aliphatic rings. The lowest BCUT2D eigenvalue weighted by molar-refractivity contribution is -0.117. The molecule has 2 aromatic carbocycles. The summed E-state index contributed by atoms with van der Waals surface area (Å²) in [6.07, 6.45) is 1.97. The summed E-state index contributed by atoms with van der Waals surface area (Å²) in [7, 11) is 0. The van der Waals surface area contributed by atoms with Crippen molar-refractivity contribution in [1.29, 1.82) is 0 Å². The number of benzene rings is 2. The number of amides is 1. The molecule has 0 aliphatic heterocycles. The molecule has 1 fully saturated rings. The van der Waals surface area contributed by atoms with Crippen LogP contribution in [0.3, 0.4) is 0 Å². The Morgan fingerprint density at radius 1 is 1.15 bits per heavy atom. The van der Waals surface area contributed by atoms with Crippen LogP contribution in [0.5, 0.6) is 0 Å². The topological polar surface area (TPSA) is 75.3 Å². The summed E-state index contributed by atoms with van der Waals surface area (Å²) < 4.78 is 14.3. The van der Waals surface area contributed by atoms with Crippen molar-refractivity contribution in [2.45, 2.75) is 39.7 Å². The van der Waals surface area contributed by atoms with Crippen molar-refractivity contribution in [1.82, 2.24) is 5.32 Å². The molecule has 0 saturated heterocycles. The Bertz CT molecular complexity index is 914. The molecule has 1 saturated carbocycles. The Kier molecular flexibility index (Phi) is 4.72. The minimum absolute atomic E-state index is 0.0481. The highest BCUT2D eigenvalue weighted by atomic mass is 19.1. The number of hydrogen-bond acceptors (Lipinski definition) is 3. The van der Waals surface area contributed by atoms with E-state index in [0.717, 1.165) is 29.5 Å². The van der Waals surface area contributed by atoms with E-state index in [4.69, 9.17) is 5.73 Å². The number of carbonyl (C=O) groups is 1. The number of aliphatic hydroxyl groups is 1. The molecule has 1 amide bonds. The fourth-order valence-electron chi connectivity index (χ4n) is 2.94. The average Bonchev–Trinajstić information content (AvgIpc) is 3.39. The smallest absolute Gasteiger partial charge is 0.250 e. The third kappa shape index (κ3) is 3.57. The monoisotopic (exact) mass is 354 g/mol. The first-order chi connectivity index (χ1) is 12.3. The highest BCUT2D eigenvalue weighted by Crippen LogP contribution is 2.32. The number of aliphatic hydroxyl groups excluding tert-OH is 1. The van der Waals surface area contributed by atoms with Crippen LogP contribution in [0.1, 0.15) is 36.5 Å². The van der Waals surface area contributed by atoms with Gasteiger partial charge in [-0.25, -0.2) is 4.39 Å². The molecule has 1 aliphatic carbocycles. The molecule has 136 valence electrons. The molecule has 4 nitrogen and oxygen atoms in total. The number of aryl methyl sites for hydroxylation is 2. The minimum atomic E-state index is -0.389. The third-order valence-corrected chi connectivity index (χ3v) is 4.72. The van der Waals surface area contributed by atoms with Crippen LogP contribution >= 0.6 is 0 Å². The predicted octanol–water partition coefficient (Wildman–Crippen LogP) is 4.26. The highest BCUT2D eigenvalue weighted by molar-refractivity contribution is 5.99. The van der Waals surface area contributed by atoms with Gasteiger partial charge in [0.05, 0.1) is 5.57 Å². The van der Waals surface area contributed by atoms with Crippen molar-refractivity contribution in [3.05, 3.63) is 58.4 Å². The molecule has 5 heteroatoms. The number of nitrogens with two attached hydrogens (primary N) is 1. The number of nitrogens with one attached hydrogen (secondary N) is 1. The van der Waals surface area contributed by atoms with Crippen LogP contribution < -0.4 is 11.1 Å². The standard InChI is InChI=1S/C21H23FN2O2/c1-11-9-18(20(25)13(3)21(26)24-15-5-6-15)12(2)8-17(11)16-7-4-14(23)10-19(16)22/h4,7-10,15,25H,5-6,23H2,1-3H3,(H,24,26)/b20-13-. The Hall–Kier alpha value is -2.82. The molecule has 0 aromatic heterocycles. The van der Waals surface area contributed by atoms with E-state index in [1.165, 1.54) is 6.07 Å². The summed E-state index contributed by atoms with van der Waals surface area (Å²) in [5, 5.41) is 13.4. The van der Waals surface area contributed by atoms with E-state index < -0.39 is 0 Å². The van der Waals surface area contributed by atoms with E-state index in [9.17, 15) is 14.3 Å². The van der Waals surface area contributed by atoms with Gasteiger partial charge >= 0.3 is 0 Å². The van der Waals surface area contributed by atoms with Gasteiger partial charge in [-0.3, -0.25) is 4.79 Å². The summed E-state index contributed by atoms with van der Waals surface area (Å²) in [5.41, 5.74) is 9.60. The lowest BCUT2D eigenvalue weighted by Gasteiger charge is -2.15. The van der Waals surface area contributed by atoms with Gasteiger partial charge in [-0.1, -0.05) is 6.07 Å². The second-order valence-electron chi connectivity index (χ2n) is 6.94. The van der Waals surface area contributed by atoms with Crippen molar-refractivity contribution in [3.63, 3.8) is 0 Å². The first-order valence-corrected chi connectivity index (χ1v) is 8.65. The van der Waals surface area contributed by atoms with Crippen molar-refractivity contribution in [2.24, 2.45) is 0 Å². The first-order valence-electron chi connectivity index (χ1n) is 8.65. The zero-order valence-corrected chi connectivity index (χ0v) is 15.2. The molecule has 0 heterocycles. The molecule has 3 rings (SSSR count). The Morgan fingerprint density at radius 3 is 2.46 bits per heavy atom. The molecular weight excluding hydrogens is 331 g/mol. The summed E-state index contributed by atoms with van der Waals surface area (Å²) in [6.45, 7) is 5.28. The third-order valence-electron chi connectivity index (χ3n) is 4.72. The van der Waals surface area contributed by atoms with Gasteiger partial charge < -0.3 is 16.2 Å². The SMILES string of the molecule is C/C(C(=O)NC1CC1)=C(/O)c1cc(C)c(-c2ccc(N)cc2F)cc1C. The molecule has 0 unspecified atom stereocenters. The first kappa shape index (κ1) is 18.0. The number of halogens is 1. The van der Waals surface area contributed by atoms with Gasteiger partial charge in [0.1, 0.15) is 11.6 Å². The maximum atomic E-state index is 14.3. The van der Waals surface area contributed by atoms with Gasteiger partial charge in [-0.2, -0.15) is 0 Å². The average molecular weight is 354 g/mol. The highest BCUT2D eigenvalue weighted by Gasteiger charge is 2.25. The number of rotatable bonds is 4. The van der Waals surface area contributed by atoms with E-state index in [2.05, 4.69) is 5.32 Å². The predicted molar refractivity (Wildman–Crippen MR) is 102 cm³/mol. The molecule has 0 radical (unpaired) electrons. The van der Waals surface area contributed by atoms with E-state index in [1.54, 1.807) is 25.1 Å². The zero-order chi connectivity index (χ0) is 19.0. The summed E-state index contributed by atoms with van der Waals surface area (Å²) in [4.78, 5) is 12.2. The molecule has 0 atom stereocenters. The van der Waals surface area contributed by atoms with E-state index in [0.29, 0.717) is 16.8 Å². The van der Waals surface area contributed by atoms with Gasteiger partial charge in [0, 0.05) is 22.9 Å². The lowest BCUT2D eigenvalue weighted by Crippen LogP contribution is -2.26. The molecule has 0 bridgehead atoms. The number of anilines is 1. The Labute approximate surface area is 152 Å². The van der Waals surface area contributed by atoms with Crippen LogP contribution in [0, 0.1) is 19.7 Å². The molecule has 2 aromatic rings. The second-order valence-corrected chi connectivity index (χ2v) is 6.94. The molecule has 4 N–H and O–H groups in total. The van der Waals surface area contributed by atoms with Crippen LogP contribution in [0.2, 0.25) is 0 Å². The lowest BCUT2D eigenvalue weighted by atomic mass is 9.93. The summed E-state index contributed by atoms with van der Waals surface area (Å²) in [6, 6.07) is 8.43. The Morgan fingerprint density at radius 2 is 1.85 bits per heavy atom. The van der Waals surface area contributed by atoms with Crippen molar-refractivity contribution >= 4 is 17.4 Å². The summed E-state index contributed by atoms with van der Waals surface area (Å²) >= 11 is 0. The normalized spacial score (nSPS) is 14.8. The second kappa shape index (κ2) is 6.83. The van der Waals surface area contributed by atoms with E-state index in [-0.39, 0.29) is 29.1 Å². The molecular formula is C21H23FN2O2. The maximum Gasteiger partial charge on any atom is 0.250 e. The van der Waals surface area contributed by atoms with Crippen LogP contribution in [0.4, 0.5) is 10.1 Å². The minimum Gasteiger partial charge on any atom is -0.507 e. The van der Waals surface area contributed by atoms with Crippen molar-refractivity contribution < 1.29 is 14.3 Å². The Balaban J connectivity index is 2.00. The number of hydrogen-bond donors (Lipinski definition) is 3. The van der Waals surface area contributed by atoms with Gasteiger partial charge in [0.25, 0.3) is 5.91 Å². The fraction of sp³-hybridized carbons (Fsp3) is 0.286. The molecule has 26 heavy (non-hydrogen) atoms. The van der Waals surface area contributed by atoms with Crippen LogP contribution in [-0.2, 0) is 4.79 Å². The van der Waals surface area contributed by atoms with Crippen LogP contribution in [0.25, 0.3) is 16.9 Å². The summed E-state index contributed by atoms with van der Waals surface area (Å²) in [5.74, 6) is -0.691. The van der Waals surface area contributed by atoms with Gasteiger partial charge in [-0.15, -0.1) is 0 Å². The molecule has 0 spiro atoms. The van der Waals surface area contributed by atoms with Crippen molar-refractivity contribution in [3.8, 4) is 11.1 Å².